The topological polar surface area (TPSA) is 63.2 Å². The van der Waals surface area contributed by atoms with Crippen molar-refractivity contribution in [2.45, 2.75) is 25.7 Å². The van der Waals surface area contributed by atoms with Crippen LogP contribution in [0.3, 0.4) is 0 Å². The largest absolute Gasteiger partial charge is 0.236 e. The molecule has 2 aromatic rings. The fraction of sp³-hybridized carbons (Fsp3) is 0.375. The summed E-state index contributed by atoms with van der Waals surface area (Å²) in [5.41, 5.74) is 0.879. The first-order valence-corrected chi connectivity index (χ1v) is 9.90. The molecule has 0 spiro atoms. The van der Waals surface area contributed by atoms with Crippen LogP contribution in [0, 0.1) is 6.92 Å². The zero-order valence-electron chi connectivity index (χ0n) is 12.9. The predicted octanol–water partition coefficient (Wildman–Crippen LogP) is 3.03. The monoisotopic (exact) mass is 349 g/mol. The van der Waals surface area contributed by atoms with Crippen LogP contribution in [-0.2, 0) is 10.0 Å². The maximum absolute atomic E-state index is 12.5. The molecular weight excluding hydrogens is 330 g/mol. The normalized spacial score (nSPS) is 20.1. The highest BCUT2D eigenvalue weighted by molar-refractivity contribution is 7.92. The van der Waals surface area contributed by atoms with Gasteiger partial charge in [0.05, 0.1) is 0 Å². The molecule has 0 amide bonds. The van der Waals surface area contributed by atoms with Gasteiger partial charge in [0.15, 0.2) is 0 Å². The second-order valence-electron chi connectivity index (χ2n) is 5.61. The number of hydrogen-bond acceptors (Lipinski definition) is 5. The third-order valence-corrected chi connectivity index (χ3v) is 6.40. The van der Waals surface area contributed by atoms with Crippen molar-refractivity contribution >= 4 is 27.4 Å². The smallest absolute Gasteiger partial charge is 0.208 e. The molecule has 0 saturated carbocycles. The fourth-order valence-corrected chi connectivity index (χ4v) is 4.76. The summed E-state index contributed by atoms with van der Waals surface area (Å²) in [7, 11) is -3.41. The summed E-state index contributed by atoms with van der Waals surface area (Å²) in [4.78, 5) is 0. The molecule has 0 bridgehead atoms. The molecule has 1 fully saturated rings. The Morgan fingerprint density at radius 2 is 2.04 bits per heavy atom. The highest BCUT2D eigenvalue weighted by atomic mass is 32.2. The van der Waals surface area contributed by atoms with E-state index in [-0.39, 0.29) is 5.92 Å². The molecule has 0 radical (unpaired) electrons. The molecule has 122 valence electrons. The number of aryl methyl sites for hydroxylation is 1. The molecule has 1 atom stereocenters. The highest BCUT2D eigenvalue weighted by Gasteiger charge is 2.29. The van der Waals surface area contributed by atoms with Crippen LogP contribution in [0.15, 0.2) is 35.7 Å². The van der Waals surface area contributed by atoms with Gasteiger partial charge in [0, 0.05) is 24.4 Å². The van der Waals surface area contributed by atoms with E-state index in [1.54, 1.807) is 21.7 Å². The van der Waals surface area contributed by atoms with Crippen LogP contribution in [0.4, 0.5) is 0 Å². The van der Waals surface area contributed by atoms with Crippen LogP contribution in [0.2, 0.25) is 0 Å². The summed E-state index contributed by atoms with van der Waals surface area (Å²) in [6.07, 6.45) is 3.46. The Balaban J connectivity index is 1.73. The lowest BCUT2D eigenvalue weighted by molar-refractivity contribution is 0.318. The average Bonchev–Trinajstić information content (AvgIpc) is 3.01. The van der Waals surface area contributed by atoms with Gasteiger partial charge in [-0.05, 0) is 31.4 Å². The second-order valence-corrected chi connectivity index (χ2v) is 8.65. The van der Waals surface area contributed by atoms with Crippen molar-refractivity contribution in [1.29, 1.82) is 0 Å². The molecular formula is C16H19N3O2S2. The zero-order chi connectivity index (χ0) is 16.3. The van der Waals surface area contributed by atoms with E-state index in [4.69, 9.17) is 0 Å². The van der Waals surface area contributed by atoms with Crippen molar-refractivity contribution in [3.05, 3.63) is 51.3 Å². The number of piperidine rings is 1. The first kappa shape index (κ1) is 16.3. The fourth-order valence-electron chi connectivity index (χ4n) is 2.67. The second kappa shape index (κ2) is 6.90. The Bertz CT molecular complexity index is 785. The van der Waals surface area contributed by atoms with E-state index in [1.165, 1.54) is 5.41 Å². The molecule has 1 aliphatic rings. The number of rotatable bonds is 4. The minimum absolute atomic E-state index is 0.148. The lowest BCUT2D eigenvalue weighted by Crippen LogP contribution is -2.37. The number of aromatic nitrogens is 2. The third kappa shape index (κ3) is 4.04. The van der Waals surface area contributed by atoms with Gasteiger partial charge in [-0.1, -0.05) is 30.3 Å². The summed E-state index contributed by atoms with van der Waals surface area (Å²) in [6.45, 7) is 2.97. The van der Waals surface area contributed by atoms with E-state index in [2.05, 4.69) is 10.2 Å². The minimum Gasteiger partial charge on any atom is -0.208 e. The van der Waals surface area contributed by atoms with Crippen LogP contribution in [0.5, 0.6) is 0 Å². The van der Waals surface area contributed by atoms with E-state index in [9.17, 15) is 8.42 Å². The van der Waals surface area contributed by atoms with Crippen LogP contribution < -0.4 is 0 Å². The highest BCUT2D eigenvalue weighted by Crippen LogP contribution is 2.30. The number of benzene rings is 1. The first-order valence-electron chi connectivity index (χ1n) is 7.58. The van der Waals surface area contributed by atoms with Gasteiger partial charge in [0.25, 0.3) is 0 Å². The molecule has 5 nitrogen and oxygen atoms in total. The SMILES string of the molecule is Cc1nnc([C@H]2CCCN(S(=O)(=O)/C=C/c3ccccc3)C2)s1. The standard InChI is InChI=1S/C16H19N3O2S2/c1-13-17-18-16(22-13)15-8-5-10-19(12-15)23(20,21)11-9-14-6-3-2-4-7-14/h2-4,6-7,9,11,15H,5,8,10,12H2,1H3/b11-9+/t15-/m0/s1. The van der Waals surface area contributed by atoms with Crippen LogP contribution in [0.25, 0.3) is 6.08 Å². The lowest BCUT2D eigenvalue weighted by atomic mass is 10.0. The molecule has 0 N–H and O–H groups in total. The Morgan fingerprint density at radius 1 is 1.26 bits per heavy atom. The summed E-state index contributed by atoms with van der Waals surface area (Å²) < 4.78 is 26.6. The Kier molecular flexibility index (Phi) is 4.89. The summed E-state index contributed by atoms with van der Waals surface area (Å²) in [5, 5.41) is 11.4. The summed E-state index contributed by atoms with van der Waals surface area (Å²) in [6, 6.07) is 9.46. The van der Waals surface area contributed by atoms with Crippen molar-refractivity contribution in [3.8, 4) is 0 Å². The maximum atomic E-state index is 12.5. The van der Waals surface area contributed by atoms with Gasteiger partial charge in [-0.15, -0.1) is 21.5 Å². The molecule has 0 unspecified atom stereocenters. The van der Waals surface area contributed by atoms with Crippen LogP contribution >= 0.6 is 11.3 Å². The van der Waals surface area contributed by atoms with Crippen molar-refractivity contribution in [1.82, 2.24) is 14.5 Å². The van der Waals surface area contributed by atoms with E-state index in [0.717, 1.165) is 28.4 Å². The molecule has 1 saturated heterocycles. The Hall–Kier alpha value is -1.57. The van der Waals surface area contributed by atoms with Crippen molar-refractivity contribution < 1.29 is 8.42 Å². The van der Waals surface area contributed by atoms with E-state index in [1.807, 2.05) is 37.3 Å². The van der Waals surface area contributed by atoms with Crippen LogP contribution in [-0.4, -0.2) is 36.0 Å². The van der Waals surface area contributed by atoms with E-state index < -0.39 is 10.0 Å². The predicted molar refractivity (Wildman–Crippen MR) is 92.6 cm³/mol. The van der Waals surface area contributed by atoms with Gasteiger partial charge >= 0.3 is 0 Å². The van der Waals surface area contributed by atoms with Crippen LogP contribution in [0.1, 0.15) is 34.3 Å². The average molecular weight is 349 g/mol. The Morgan fingerprint density at radius 3 is 2.74 bits per heavy atom. The molecule has 0 aliphatic carbocycles. The quantitative estimate of drug-likeness (QED) is 0.851. The zero-order valence-corrected chi connectivity index (χ0v) is 14.6. The van der Waals surface area contributed by atoms with Gasteiger partial charge in [0.1, 0.15) is 10.0 Å². The molecule has 7 heteroatoms. The number of sulfonamides is 1. The van der Waals surface area contributed by atoms with Gasteiger partial charge in [-0.25, -0.2) is 8.42 Å². The first-order chi connectivity index (χ1) is 11.0. The lowest BCUT2D eigenvalue weighted by Gasteiger charge is -2.29. The number of hydrogen-bond donors (Lipinski definition) is 0. The molecule has 1 aromatic carbocycles. The number of nitrogens with zero attached hydrogens (tertiary/aromatic N) is 3. The molecule has 1 aliphatic heterocycles. The minimum atomic E-state index is -3.41. The van der Waals surface area contributed by atoms with Gasteiger partial charge in [-0.3, -0.25) is 0 Å². The van der Waals surface area contributed by atoms with Gasteiger partial charge in [-0.2, -0.15) is 4.31 Å². The molecule has 1 aromatic heterocycles. The van der Waals surface area contributed by atoms with Crippen molar-refractivity contribution in [3.63, 3.8) is 0 Å². The molecule has 23 heavy (non-hydrogen) atoms. The van der Waals surface area contributed by atoms with Crippen molar-refractivity contribution in [2.75, 3.05) is 13.1 Å². The molecule has 2 heterocycles. The van der Waals surface area contributed by atoms with E-state index >= 15 is 0 Å². The van der Waals surface area contributed by atoms with Gasteiger partial charge < -0.3 is 0 Å². The molecule has 3 rings (SSSR count). The summed E-state index contributed by atoms with van der Waals surface area (Å²) in [5.74, 6) is 0.148. The third-order valence-electron chi connectivity index (χ3n) is 3.87. The Labute approximate surface area is 140 Å². The maximum Gasteiger partial charge on any atom is 0.236 e. The van der Waals surface area contributed by atoms with Crippen molar-refractivity contribution in [2.24, 2.45) is 0 Å². The van der Waals surface area contributed by atoms with E-state index in [0.29, 0.717) is 13.1 Å². The summed E-state index contributed by atoms with van der Waals surface area (Å²) >= 11 is 1.56. The van der Waals surface area contributed by atoms with Gasteiger partial charge in [0.2, 0.25) is 10.0 Å².